The Morgan fingerprint density at radius 2 is 0.750 bits per heavy atom. The number of aromatic nitrogens is 1. The lowest BCUT2D eigenvalue weighted by atomic mass is 9.31. The molecule has 0 saturated heterocycles. The average Bonchev–Trinajstić information content (AvgIpc) is 3.74. The number of nitrogens with zero attached hydrogens (tertiary/aromatic N) is 1. The summed E-state index contributed by atoms with van der Waals surface area (Å²) in [4.78, 5) is 0. The van der Waals surface area contributed by atoms with Gasteiger partial charge in [-0.2, -0.15) is 0 Å². The molecule has 0 fully saturated rings. The average molecular weight is 808 g/mol. The van der Waals surface area contributed by atoms with Crippen LogP contribution in [0.1, 0.15) is 0 Å². The van der Waals surface area contributed by atoms with Crippen LogP contribution >= 0.6 is 0 Å². The van der Waals surface area contributed by atoms with Crippen molar-refractivity contribution in [2.45, 2.75) is 0 Å². The second kappa shape index (κ2) is 12.8. The molecule has 2 nitrogen and oxygen atoms in total. The molecule has 292 valence electrons. The summed E-state index contributed by atoms with van der Waals surface area (Å²) in [5, 5.41) is 2.37. The molecule has 4 heteroatoms. The molecule has 0 bridgehead atoms. The van der Waals surface area contributed by atoms with E-state index in [-0.39, 0.29) is 13.4 Å². The molecule has 4 aliphatic heterocycles. The number of fused-ring (bicyclic) bond motifs is 22. The monoisotopic (exact) mass is 807 g/mol. The van der Waals surface area contributed by atoms with Gasteiger partial charge in [0, 0.05) is 16.5 Å². The molecule has 4 aliphatic rings. The summed E-state index contributed by atoms with van der Waals surface area (Å²) in [6, 6.07) is 79.5. The van der Waals surface area contributed by atoms with Crippen molar-refractivity contribution in [1.29, 1.82) is 0 Å². The smallest absolute Gasteiger partial charge is 0.252 e. The number of ether oxygens (including phenoxy) is 1. The molecular weight excluding hydrogens is 772 g/mol. The van der Waals surface area contributed by atoms with Crippen LogP contribution in [0.25, 0.3) is 94.3 Å². The van der Waals surface area contributed by atoms with Crippen LogP contribution in [-0.2, 0) is 0 Å². The first kappa shape index (κ1) is 34.5. The minimum Gasteiger partial charge on any atom is -0.458 e. The summed E-state index contributed by atoms with van der Waals surface area (Å²) in [6.45, 7) is -0.214. The second-order valence-electron chi connectivity index (χ2n) is 17.7. The van der Waals surface area contributed by atoms with E-state index in [1.54, 1.807) is 0 Å². The van der Waals surface area contributed by atoms with E-state index >= 15 is 0 Å². The Bertz CT molecular complexity index is 3860. The Kier molecular flexibility index (Phi) is 6.88. The molecule has 0 N–H and O–H groups in total. The molecule has 0 amide bonds. The maximum atomic E-state index is 7.54. The first-order valence-corrected chi connectivity index (χ1v) is 22.4. The normalized spacial score (nSPS) is 13.1. The number of para-hydroxylation sites is 1. The minimum atomic E-state index is -0.127. The van der Waals surface area contributed by atoms with Crippen molar-refractivity contribution in [3.05, 3.63) is 212 Å². The van der Waals surface area contributed by atoms with E-state index in [1.807, 2.05) is 0 Å². The van der Waals surface area contributed by atoms with Gasteiger partial charge in [-0.1, -0.05) is 205 Å². The first-order valence-electron chi connectivity index (χ1n) is 22.4. The third-order valence-corrected chi connectivity index (χ3v) is 14.7. The van der Waals surface area contributed by atoms with Crippen LogP contribution < -0.4 is 37.5 Å². The second-order valence-corrected chi connectivity index (χ2v) is 17.7. The Morgan fingerprint density at radius 1 is 0.328 bits per heavy atom. The van der Waals surface area contributed by atoms with Crippen molar-refractivity contribution in [2.75, 3.05) is 0 Å². The van der Waals surface area contributed by atoms with Crippen LogP contribution in [0.5, 0.6) is 11.5 Å². The topological polar surface area (TPSA) is 14.2 Å². The highest BCUT2D eigenvalue weighted by molar-refractivity contribution is 7.02. The number of hydrogen-bond donors (Lipinski definition) is 0. The molecule has 0 atom stereocenters. The first-order chi connectivity index (χ1) is 31.8. The van der Waals surface area contributed by atoms with Crippen molar-refractivity contribution in [3.8, 4) is 83.9 Å². The Morgan fingerprint density at radius 3 is 1.33 bits per heavy atom. The third kappa shape index (κ3) is 4.42. The molecule has 64 heavy (non-hydrogen) atoms. The van der Waals surface area contributed by atoms with Crippen molar-refractivity contribution in [2.24, 2.45) is 0 Å². The van der Waals surface area contributed by atoms with Gasteiger partial charge in [-0.3, -0.25) is 0 Å². The van der Waals surface area contributed by atoms with Gasteiger partial charge in [0.15, 0.2) is 0 Å². The van der Waals surface area contributed by atoms with E-state index in [1.165, 1.54) is 127 Å². The Labute approximate surface area is 371 Å². The van der Waals surface area contributed by atoms with Crippen LogP contribution in [-0.4, -0.2) is 18.0 Å². The summed E-state index contributed by atoms with van der Waals surface area (Å²) < 4.78 is 10.1. The van der Waals surface area contributed by atoms with Gasteiger partial charge >= 0.3 is 0 Å². The number of hydrogen-bond acceptors (Lipinski definition) is 1. The van der Waals surface area contributed by atoms with Crippen LogP contribution in [0.15, 0.2) is 212 Å². The molecule has 5 heterocycles. The van der Waals surface area contributed by atoms with E-state index in [4.69, 9.17) is 4.74 Å². The van der Waals surface area contributed by atoms with Crippen LogP contribution in [0.3, 0.4) is 0 Å². The zero-order valence-electron chi connectivity index (χ0n) is 34.7. The van der Waals surface area contributed by atoms with Gasteiger partial charge in [0.2, 0.25) is 6.71 Å². The lowest BCUT2D eigenvalue weighted by Gasteiger charge is -2.34. The van der Waals surface area contributed by atoms with Crippen molar-refractivity contribution < 1.29 is 4.74 Å². The molecule has 0 spiro atoms. The van der Waals surface area contributed by atoms with Crippen LogP contribution in [0, 0.1) is 0 Å². The standard InChI is InChI=1S/C60H35B2NO/c1-5-21-40-36(17-1)38-19-3-7-23-42(38)46-28-15-33-54-57(46)61(49-30-12-9-25-44(40)49)51-35-52-60(56-48-27-11-14-32-53(48)63(54)59(51)56)64-55-34-16-29-47-43-24-8-4-20-39(43)37-18-2-6-22-41(37)45-26-10-13-31-50(45)62(52)58(47)55/h1-35H. The third-order valence-electron chi connectivity index (χ3n) is 14.7. The molecule has 15 rings (SSSR count). The van der Waals surface area contributed by atoms with E-state index < -0.39 is 0 Å². The highest BCUT2D eigenvalue weighted by Crippen LogP contribution is 2.46. The van der Waals surface area contributed by atoms with Gasteiger partial charge < -0.3 is 9.30 Å². The van der Waals surface area contributed by atoms with Crippen LogP contribution in [0.4, 0.5) is 0 Å². The van der Waals surface area contributed by atoms with E-state index in [2.05, 4.69) is 217 Å². The van der Waals surface area contributed by atoms with E-state index in [0.717, 1.165) is 11.5 Å². The van der Waals surface area contributed by atoms with Gasteiger partial charge in [0.05, 0.1) is 11.0 Å². The Hall–Kier alpha value is -8.07. The fourth-order valence-electron chi connectivity index (χ4n) is 12.3. The predicted octanol–water partition coefficient (Wildman–Crippen LogP) is 10.9. The van der Waals surface area contributed by atoms with Gasteiger partial charge in [0.1, 0.15) is 11.5 Å². The molecule has 0 unspecified atom stereocenters. The fourth-order valence-corrected chi connectivity index (χ4v) is 12.3. The minimum absolute atomic E-state index is 0.0871. The molecule has 0 saturated carbocycles. The Balaban J connectivity index is 1.14. The van der Waals surface area contributed by atoms with Crippen LogP contribution in [0.2, 0.25) is 0 Å². The molecule has 0 aliphatic carbocycles. The van der Waals surface area contributed by atoms with Gasteiger partial charge in [-0.25, -0.2) is 0 Å². The molecule has 11 aromatic rings. The van der Waals surface area contributed by atoms with Gasteiger partial charge in [-0.15, -0.1) is 0 Å². The summed E-state index contributed by atoms with van der Waals surface area (Å²) in [7, 11) is 0. The molecule has 1 aromatic heterocycles. The fraction of sp³-hybridized carbons (Fsp3) is 0. The number of benzene rings is 10. The molecule has 10 aromatic carbocycles. The van der Waals surface area contributed by atoms with Crippen molar-refractivity contribution in [1.82, 2.24) is 4.57 Å². The summed E-state index contributed by atoms with van der Waals surface area (Å²) in [5.41, 5.74) is 26.2. The zero-order valence-corrected chi connectivity index (χ0v) is 34.7. The molecular formula is C60H35B2NO. The van der Waals surface area contributed by atoms with E-state index in [9.17, 15) is 0 Å². The summed E-state index contributed by atoms with van der Waals surface area (Å²) in [5.74, 6) is 1.86. The number of rotatable bonds is 0. The maximum absolute atomic E-state index is 7.54. The lowest BCUT2D eigenvalue weighted by molar-refractivity contribution is 0.493. The lowest BCUT2D eigenvalue weighted by Crippen LogP contribution is -2.61. The van der Waals surface area contributed by atoms with E-state index in [0.29, 0.717) is 0 Å². The highest BCUT2D eigenvalue weighted by Gasteiger charge is 2.44. The highest BCUT2D eigenvalue weighted by atomic mass is 16.5. The SMILES string of the molecule is c1ccc2c(c1)B1c3cc4c5c(c3Oc3cccc(c31)-c1ccccc1-c1ccccc1-2)c1ccccc1n5-c1cccc2c1B4c1ccccc1-c1ccccc1-c1ccccc1-2. The quantitative estimate of drug-likeness (QED) is 0.139. The molecule has 0 radical (unpaired) electrons. The summed E-state index contributed by atoms with van der Waals surface area (Å²) >= 11 is 0. The maximum Gasteiger partial charge on any atom is 0.252 e. The van der Waals surface area contributed by atoms with Crippen molar-refractivity contribution in [3.63, 3.8) is 0 Å². The van der Waals surface area contributed by atoms with Gasteiger partial charge in [-0.05, 0) is 107 Å². The zero-order chi connectivity index (χ0) is 41.6. The van der Waals surface area contributed by atoms with Gasteiger partial charge in [0.25, 0.3) is 6.71 Å². The predicted molar refractivity (Wildman–Crippen MR) is 269 cm³/mol. The summed E-state index contributed by atoms with van der Waals surface area (Å²) in [6.07, 6.45) is 0. The van der Waals surface area contributed by atoms with Crippen molar-refractivity contribution >= 4 is 68.0 Å². The largest absolute Gasteiger partial charge is 0.458 e.